The Labute approximate surface area is 413 Å². The van der Waals surface area contributed by atoms with Crippen molar-refractivity contribution >= 4 is 31.8 Å². The molecule has 0 radical (unpaired) electrons. The number of piperidine rings is 1. The molecule has 1 amide bonds. The molecule has 14 atom stereocenters. The molecule has 1 saturated carbocycles. The predicted molar refractivity (Wildman–Crippen MR) is 266 cm³/mol. The molecule has 1 aromatic rings. The fourth-order valence-corrected chi connectivity index (χ4v) is 11.5. The van der Waals surface area contributed by atoms with Gasteiger partial charge in [0.15, 0.2) is 0 Å². The smallest absolute Gasteiger partial charge is 0.329 e. The van der Waals surface area contributed by atoms with Crippen LogP contribution in [0.5, 0.6) is 11.5 Å². The largest absolute Gasteiger partial charge is 0.543 e. The zero-order valence-corrected chi connectivity index (χ0v) is 44.8. The van der Waals surface area contributed by atoms with Gasteiger partial charge in [0.25, 0.3) is 11.7 Å². The number of hydrogen-bond acceptors (Lipinski definition) is 13. The number of aliphatic hydroxyl groups excluding tert-OH is 2. The van der Waals surface area contributed by atoms with Gasteiger partial charge in [-0.15, -0.1) is 0 Å². The molecule has 3 fully saturated rings. The van der Waals surface area contributed by atoms with E-state index >= 15 is 0 Å². The van der Waals surface area contributed by atoms with Gasteiger partial charge < -0.3 is 48.3 Å². The number of hydrogen-bond donors (Lipinski definition) is 3. The Morgan fingerprint density at radius 3 is 2.14 bits per heavy atom. The maximum absolute atomic E-state index is 14.6. The monoisotopic (exact) mass is 984 g/mol. The van der Waals surface area contributed by atoms with Gasteiger partial charge >= 0.3 is 5.97 Å². The third-order valence-electron chi connectivity index (χ3n) is 15.9. The van der Waals surface area contributed by atoms with Gasteiger partial charge in [0.2, 0.25) is 14.1 Å². The molecule has 69 heavy (non-hydrogen) atoms. The number of nitrogens with zero attached hydrogens (tertiary/aromatic N) is 1. The summed E-state index contributed by atoms with van der Waals surface area (Å²) in [6.45, 7) is 22.2. The number of Topliss-reactive ketones (excluding diaryl/α,β-unsaturated/α-hetero) is 2. The second-order valence-electron chi connectivity index (χ2n) is 22.4. The highest BCUT2D eigenvalue weighted by molar-refractivity contribution is 6.74. The van der Waals surface area contributed by atoms with E-state index in [0.717, 1.165) is 11.3 Å². The Kier molecular flexibility index (Phi) is 19.5. The Balaban J connectivity index is 1.46. The minimum atomic E-state index is -2.52. The van der Waals surface area contributed by atoms with Crippen LogP contribution in [0.2, 0.25) is 18.1 Å². The second-order valence-corrected chi connectivity index (χ2v) is 27.1. The standard InChI is InChI=1S/C54H85NO13Si/c1-14-38-26-32(2)25-33(3)27-46(63-10)49-47(64-11)29-35(5)54(62,67-49)50(59)51(60)55-24-16-15-17-41(55)52(61)66-48(36(6)43(57)31-44(38)58)34(4)28-37-18-23-42(56)45(30-37)65-39-19-21-40(22-20-39)68-69(12,13)53(7,8)9/h19-22,26,28,33,35-38,41-43,45-49,56-57,62H,14-18,23-25,27,29-31H2,1-13H3. The van der Waals surface area contributed by atoms with E-state index in [1.807, 2.05) is 57.2 Å². The van der Waals surface area contributed by atoms with Crippen LogP contribution in [0.4, 0.5) is 0 Å². The molecule has 0 spiro atoms. The zero-order chi connectivity index (χ0) is 51.2. The van der Waals surface area contributed by atoms with E-state index in [9.17, 15) is 34.5 Å². The minimum absolute atomic E-state index is 0.0190. The van der Waals surface area contributed by atoms with Crippen molar-refractivity contribution in [3.05, 3.63) is 47.6 Å². The highest BCUT2D eigenvalue weighted by Gasteiger charge is 2.56. The van der Waals surface area contributed by atoms with Crippen LogP contribution in [0.15, 0.2) is 47.6 Å². The molecule has 2 saturated heterocycles. The summed E-state index contributed by atoms with van der Waals surface area (Å²) in [6.07, 6.45) is 2.94. The molecule has 15 heteroatoms. The number of rotatable bonds is 9. The van der Waals surface area contributed by atoms with Gasteiger partial charge in [-0.25, -0.2) is 4.79 Å². The van der Waals surface area contributed by atoms with Gasteiger partial charge in [-0.3, -0.25) is 14.4 Å². The van der Waals surface area contributed by atoms with Crippen LogP contribution in [0.3, 0.4) is 0 Å². The van der Waals surface area contributed by atoms with Crippen molar-refractivity contribution in [2.24, 2.45) is 29.6 Å². The summed E-state index contributed by atoms with van der Waals surface area (Å²) in [6, 6.07) is 6.35. The molecule has 3 N–H and O–H groups in total. The van der Waals surface area contributed by atoms with Crippen LogP contribution in [0, 0.1) is 29.6 Å². The van der Waals surface area contributed by atoms with E-state index in [0.29, 0.717) is 62.7 Å². The maximum atomic E-state index is 14.6. The van der Waals surface area contributed by atoms with Crippen LogP contribution in [0.1, 0.15) is 133 Å². The third kappa shape index (κ3) is 13.7. The van der Waals surface area contributed by atoms with Crippen molar-refractivity contribution in [2.75, 3.05) is 20.8 Å². The molecule has 1 aliphatic carbocycles. The molecule has 1 aromatic carbocycles. The summed E-state index contributed by atoms with van der Waals surface area (Å²) in [4.78, 5) is 58.6. The summed E-state index contributed by atoms with van der Waals surface area (Å²) >= 11 is 0. The Hall–Kier alpha value is -3.44. The first-order chi connectivity index (χ1) is 32.3. The molecular formula is C54H85NO13Si. The van der Waals surface area contributed by atoms with E-state index in [1.165, 1.54) is 19.1 Å². The fraction of sp³-hybridized carbons (Fsp3) is 0.741. The lowest BCUT2D eigenvalue weighted by molar-refractivity contribution is -0.302. The first kappa shape index (κ1) is 56.5. The lowest BCUT2D eigenvalue weighted by atomic mass is 9.81. The first-order valence-electron chi connectivity index (χ1n) is 25.6. The van der Waals surface area contributed by atoms with Gasteiger partial charge in [-0.05, 0) is 138 Å². The number of aliphatic hydroxyl groups is 3. The molecule has 388 valence electrons. The summed E-state index contributed by atoms with van der Waals surface area (Å²) in [5, 5.41) is 35.2. The molecule has 0 aromatic heterocycles. The summed E-state index contributed by atoms with van der Waals surface area (Å²) in [5.74, 6) is -6.40. The van der Waals surface area contributed by atoms with Crippen molar-refractivity contribution < 1.29 is 62.6 Å². The lowest BCUT2D eigenvalue weighted by Crippen LogP contribution is -2.64. The van der Waals surface area contributed by atoms with Gasteiger partial charge in [-0.2, -0.15) is 0 Å². The average Bonchev–Trinajstić information content (AvgIpc) is 3.29. The number of cyclic esters (lactones) is 1. The van der Waals surface area contributed by atoms with E-state index in [2.05, 4.69) is 40.8 Å². The molecule has 3 heterocycles. The number of esters is 1. The number of fused-ring (bicyclic) bond motifs is 3. The number of carbonyl (C=O) groups excluding carboxylic acids is 4. The van der Waals surface area contributed by atoms with Gasteiger partial charge in [0.05, 0.1) is 24.4 Å². The molecular weight excluding hydrogens is 899 g/mol. The normalized spacial score (nSPS) is 35.6. The van der Waals surface area contributed by atoms with Crippen molar-refractivity contribution in [1.29, 1.82) is 0 Å². The summed E-state index contributed by atoms with van der Waals surface area (Å²) in [7, 11) is 1.02. The predicted octanol–water partition coefficient (Wildman–Crippen LogP) is 8.29. The molecule has 14 nitrogen and oxygen atoms in total. The van der Waals surface area contributed by atoms with Gasteiger partial charge in [-0.1, -0.05) is 66.2 Å². The molecule has 14 unspecified atom stereocenters. The fourth-order valence-electron chi connectivity index (χ4n) is 10.5. The van der Waals surface area contributed by atoms with E-state index in [1.54, 1.807) is 13.8 Å². The average molecular weight is 984 g/mol. The van der Waals surface area contributed by atoms with Gasteiger partial charge in [0.1, 0.15) is 41.6 Å². The van der Waals surface area contributed by atoms with Crippen LogP contribution in [-0.4, -0.2) is 127 Å². The number of benzene rings is 1. The number of allylic oxidation sites excluding steroid dienone is 3. The highest BCUT2D eigenvalue weighted by Crippen LogP contribution is 2.41. The Morgan fingerprint density at radius 2 is 1.52 bits per heavy atom. The molecule has 3 aliphatic heterocycles. The Morgan fingerprint density at radius 1 is 0.884 bits per heavy atom. The lowest BCUT2D eigenvalue weighted by Gasteiger charge is -2.47. The van der Waals surface area contributed by atoms with E-state index in [4.69, 9.17) is 28.1 Å². The maximum Gasteiger partial charge on any atom is 0.329 e. The van der Waals surface area contributed by atoms with Crippen molar-refractivity contribution in [3.8, 4) is 11.5 Å². The van der Waals surface area contributed by atoms with Crippen molar-refractivity contribution in [1.82, 2.24) is 4.90 Å². The molecule has 4 aliphatic rings. The van der Waals surface area contributed by atoms with Crippen LogP contribution in [-0.2, 0) is 38.1 Å². The van der Waals surface area contributed by atoms with Crippen molar-refractivity contribution in [2.45, 2.75) is 206 Å². The zero-order valence-electron chi connectivity index (χ0n) is 43.8. The summed E-state index contributed by atoms with van der Waals surface area (Å²) < 4.78 is 37.3. The van der Waals surface area contributed by atoms with E-state index in [-0.39, 0.29) is 48.5 Å². The third-order valence-corrected chi connectivity index (χ3v) is 20.2. The van der Waals surface area contributed by atoms with Crippen LogP contribution >= 0.6 is 0 Å². The number of methoxy groups -OCH3 is 2. The summed E-state index contributed by atoms with van der Waals surface area (Å²) in [5.41, 5.74) is 1.62. The first-order valence-corrected chi connectivity index (χ1v) is 28.5. The number of carbonyl (C=O) groups is 4. The molecule has 2 bridgehead atoms. The van der Waals surface area contributed by atoms with Crippen LogP contribution < -0.4 is 9.16 Å². The van der Waals surface area contributed by atoms with E-state index < -0.39 is 98.3 Å². The van der Waals surface area contributed by atoms with Crippen molar-refractivity contribution in [3.63, 3.8) is 0 Å². The SMILES string of the molecule is CCC1C=C(C)CC(C)CC(OC)C2OC(O)(C(=O)C(=O)N3CCCCC3C(=O)OC(C(C)=CC3CCC(O)C(Oc4ccc(O[Si](C)(C)C(C)(C)C)cc4)C3)C(C)C(O)CC1=O)C(C)CC2OC. The second kappa shape index (κ2) is 23.9. The van der Waals surface area contributed by atoms with Gasteiger partial charge in [0, 0.05) is 44.9 Å². The number of amides is 1. The van der Waals surface area contributed by atoms with Crippen LogP contribution in [0.25, 0.3) is 0 Å². The number of ether oxygens (including phenoxy) is 5. The quantitative estimate of drug-likeness (QED) is 0.0930. The molecule has 5 rings (SSSR count). The minimum Gasteiger partial charge on any atom is -0.543 e. The highest BCUT2D eigenvalue weighted by atomic mass is 28.4. The Bertz CT molecular complexity index is 1980. The number of ketones is 2. The topological polar surface area (TPSA) is 188 Å².